The standard InChI is InChI=1S/C30H50O/c1-20(2)9-8-10-21(3)22-13-15-28(7)24-12-11-23-26(4,5)25(31)14-16-29(23)19-30(24,29)18-17-27(22,28)6/h9,21-25,31H,8,10-19H2,1-7H3/t21-,22-,23+,24-,25-,27+,28+,29-,30+/m0/s1. The number of aliphatic hydroxyl groups is 1. The molecule has 2 spiro atoms. The lowest BCUT2D eigenvalue weighted by molar-refractivity contribution is -0.161. The highest BCUT2D eigenvalue weighted by Crippen LogP contribution is 2.89. The molecule has 9 atom stereocenters. The summed E-state index contributed by atoms with van der Waals surface area (Å²) in [6.45, 7) is 17.3. The Kier molecular flexibility index (Phi) is 4.98. The largest absolute Gasteiger partial charge is 0.393 e. The van der Waals surface area contributed by atoms with Gasteiger partial charge in [-0.1, -0.05) is 46.3 Å². The highest BCUT2D eigenvalue weighted by Gasteiger charge is 2.82. The van der Waals surface area contributed by atoms with Gasteiger partial charge in [0, 0.05) is 0 Å². The summed E-state index contributed by atoms with van der Waals surface area (Å²) >= 11 is 0. The van der Waals surface area contributed by atoms with Crippen LogP contribution in [0.25, 0.3) is 0 Å². The van der Waals surface area contributed by atoms with Gasteiger partial charge in [-0.15, -0.1) is 0 Å². The van der Waals surface area contributed by atoms with E-state index in [1.807, 2.05) is 0 Å². The lowest BCUT2D eigenvalue weighted by atomic mass is 9.41. The molecular weight excluding hydrogens is 376 g/mol. The molecule has 5 rings (SSSR count). The monoisotopic (exact) mass is 426 g/mol. The van der Waals surface area contributed by atoms with E-state index in [2.05, 4.69) is 54.5 Å². The third-order valence-corrected chi connectivity index (χ3v) is 13.0. The Hall–Kier alpha value is -0.300. The summed E-state index contributed by atoms with van der Waals surface area (Å²) in [5.41, 5.74) is 3.87. The van der Waals surface area contributed by atoms with Crippen LogP contribution in [-0.4, -0.2) is 11.2 Å². The molecule has 1 heteroatoms. The highest BCUT2D eigenvalue weighted by molar-refractivity contribution is 5.30. The number of hydrogen-bond acceptors (Lipinski definition) is 1. The van der Waals surface area contributed by atoms with Crippen molar-refractivity contribution in [1.82, 2.24) is 0 Å². The van der Waals surface area contributed by atoms with Gasteiger partial charge < -0.3 is 5.11 Å². The maximum Gasteiger partial charge on any atom is 0.0594 e. The van der Waals surface area contributed by atoms with Crippen LogP contribution in [0, 0.1) is 50.7 Å². The van der Waals surface area contributed by atoms with Crippen molar-refractivity contribution in [2.75, 3.05) is 0 Å². The normalized spacial score (nSPS) is 52.9. The van der Waals surface area contributed by atoms with Gasteiger partial charge in [-0.2, -0.15) is 0 Å². The molecule has 5 fully saturated rings. The number of hydrogen-bond donors (Lipinski definition) is 1. The summed E-state index contributed by atoms with van der Waals surface area (Å²) in [5.74, 6) is 3.46. The molecule has 5 aliphatic carbocycles. The third-order valence-electron chi connectivity index (χ3n) is 13.0. The van der Waals surface area contributed by atoms with Gasteiger partial charge in [0.1, 0.15) is 0 Å². The fourth-order valence-electron chi connectivity index (χ4n) is 11.1. The summed E-state index contributed by atoms with van der Waals surface area (Å²) in [4.78, 5) is 0. The van der Waals surface area contributed by atoms with Crippen molar-refractivity contribution in [3.63, 3.8) is 0 Å². The smallest absolute Gasteiger partial charge is 0.0594 e. The van der Waals surface area contributed by atoms with E-state index in [-0.39, 0.29) is 11.5 Å². The van der Waals surface area contributed by atoms with E-state index >= 15 is 0 Å². The van der Waals surface area contributed by atoms with Gasteiger partial charge >= 0.3 is 0 Å². The molecule has 176 valence electrons. The number of rotatable bonds is 4. The molecule has 0 heterocycles. The zero-order chi connectivity index (χ0) is 22.4. The molecule has 0 amide bonds. The van der Waals surface area contributed by atoms with Crippen LogP contribution in [-0.2, 0) is 0 Å². The topological polar surface area (TPSA) is 20.2 Å². The Bertz CT molecular complexity index is 760. The molecule has 0 unspecified atom stereocenters. The molecule has 0 bridgehead atoms. The average Bonchev–Trinajstić information content (AvgIpc) is 3.27. The number of allylic oxidation sites excluding steroid dienone is 2. The van der Waals surface area contributed by atoms with E-state index < -0.39 is 0 Å². The quantitative estimate of drug-likeness (QED) is 0.449. The summed E-state index contributed by atoms with van der Waals surface area (Å²) in [6.07, 6.45) is 17.6. The zero-order valence-corrected chi connectivity index (χ0v) is 21.7. The van der Waals surface area contributed by atoms with Crippen LogP contribution in [0.15, 0.2) is 11.6 Å². The van der Waals surface area contributed by atoms with Crippen molar-refractivity contribution in [2.45, 2.75) is 125 Å². The first kappa shape index (κ1) is 22.5. The van der Waals surface area contributed by atoms with Crippen molar-refractivity contribution < 1.29 is 5.11 Å². The predicted molar refractivity (Wildman–Crippen MR) is 131 cm³/mol. The van der Waals surface area contributed by atoms with Gasteiger partial charge in [-0.3, -0.25) is 0 Å². The lowest BCUT2D eigenvalue weighted by Crippen LogP contribution is -2.57. The second kappa shape index (κ2) is 6.86. The molecule has 5 aliphatic rings. The Morgan fingerprint density at radius 2 is 1.55 bits per heavy atom. The molecule has 0 aromatic rings. The van der Waals surface area contributed by atoms with Crippen molar-refractivity contribution in [3.8, 4) is 0 Å². The SMILES string of the molecule is CC(C)=CCC[C@H](C)[C@@H]1CC[C@]2(C)[C@@H]3CC[C@@H]4C(C)(C)[C@@H](O)CC[C@]45C[C@]35CC[C@]12C. The molecular formula is C30H50O. The third kappa shape index (κ3) is 2.71. The van der Waals surface area contributed by atoms with Crippen molar-refractivity contribution in [2.24, 2.45) is 50.7 Å². The Balaban J connectivity index is 1.41. The molecule has 5 saturated carbocycles. The summed E-state index contributed by atoms with van der Waals surface area (Å²) in [6, 6.07) is 0. The van der Waals surface area contributed by atoms with E-state index in [1.54, 1.807) is 0 Å². The Morgan fingerprint density at radius 1 is 0.871 bits per heavy atom. The second-order valence-electron chi connectivity index (χ2n) is 14.4. The predicted octanol–water partition coefficient (Wildman–Crippen LogP) is 8.17. The van der Waals surface area contributed by atoms with Crippen LogP contribution in [0.2, 0.25) is 0 Å². The minimum Gasteiger partial charge on any atom is -0.393 e. The highest BCUT2D eigenvalue weighted by atomic mass is 16.3. The van der Waals surface area contributed by atoms with Crippen molar-refractivity contribution >= 4 is 0 Å². The van der Waals surface area contributed by atoms with Gasteiger partial charge in [0.15, 0.2) is 0 Å². The van der Waals surface area contributed by atoms with Crippen LogP contribution in [0.3, 0.4) is 0 Å². The number of aliphatic hydroxyl groups excluding tert-OH is 1. The van der Waals surface area contributed by atoms with Gasteiger partial charge in [0.2, 0.25) is 0 Å². The average molecular weight is 427 g/mol. The maximum absolute atomic E-state index is 10.8. The summed E-state index contributed by atoms with van der Waals surface area (Å²) in [7, 11) is 0. The molecule has 31 heavy (non-hydrogen) atoms. The summed E-state index contributed by atoms with van der Waals surface area (Å²) < 4.78 is 0. The maximum atomic E-state index is 10.8. The first-order chi connectivity index (χ1) is 14.4. The molecule has 1 nitrogen and oxygen atoms in total. The van der Waals surface area contributed by atoms with Crippen LogP contribution in [0.1, 0.15) is 119 Å². The first-order valence-corrected chi connectivity index (χ1v) is 13.8. The zero-order valence-electron chi connectivity index (χ0n) is 21.7. The molecule has 0 aromatic heterocycles. The summed E-state index contributed by atoms with van der Waals surface area (Å²) in [5, 5.41) is 10.8. The van der Waals surface area contributed by atoms with Gasteiger partial charge in [-0.25, -0.2) is 0 Å². The molecule has 0 saturated heterocycles. The minimum atomic E-state index is -0.0840. The first-order valence-electron chi connectivity index (χ1n) is 13.8. The minimum absolute atomic E-state index is 0.0840. The van der Waals surface area contributed by atoms with Crippen LogP contribution in [0.4, 0.5) is 0 Å². The molecule has 0 aliphatic heterocycles. The molecule has 0 aromatic carbocycles. The van der Waals surface area contributed by atoms with Gasteiger partial charge in [0.25, 0.3) is 0 Å². The van der Waals surface area contributed by atoms with E-state index in [9.17, 15) is 5.11 Å². The van der Waals surface area contributed by atoms with E-state index in [0.717, 1.165) is 30.1 Å². The number of fused-ring (bicyclic) bond motifs is 2. The van der Waals surface area contributed by atoms with Crippen molar-refractivity contribution in [3.05, 3.63) is 11.6 Å². The van der Waals surface area contributed by atoms with Crippen LogP contribution < -0.4 is 0 Å². The van der Waals surface area contributed by atoms with Crippen LogP contribution in [0.5, 0.6) is 0 Å². The van der Waals surface area contributed by atoms with Gasteiger partial charge in [-0.05, 0) is 135 Å². The fourth-order valence-corrected chi connectivity index (χ4v) is 11.1. The fraction of sp³-hybridized carbons (Fsp3) is 0.933. The molecule has 1 N–H and O–H groups in total. The van der Waals surface area contributed by atoms with E-state index in [4.69, 9.17) is 0 Å². The van der Waals surface area contributed by atoms with Crippen LogP contribution >= 0.6 is 0 Å². The molecule has 0 radical (unpaired) electrons. The van der Waals surface area contributed by atoms with E-state index in [0.29, 0.717) is 21.7 Å². The Morgan fingerprint density at radius 3 is 2.26 bits per heavy atom. The van der Waals surface area contributed by atoms with Gasteiger partial charge in [0.05, 0.1) is 6.10 Å². The Labute approximate surface area is 192 Å². The lowest BCUT2D eigenvalue weighted by Gasteiger charge is -2.63. The van der Waals surface area contributed by atoms with E-state index in [1.165, 1.54) is 69.8 Å². The van der Waals surface area contributed by atoms with Crippen molar-refractivity contribution in [1.29, 1.82) is 0 Å². The second-order valence-corrected chi connectivity index (χ2v) is 14.4.